The standard InChI is InChI=1S/CCl3NO/c2-1(6)5(3)4. The normalized spacial score (nSPS) is 7.83. The summed E-state index contributed by atoms with van der Waals surface area (Å²) in [7, 11) is 0. The van der Waals surface area contributed by atoms with Gasteiger partial charge < -0.3 is 0 Å². The van der Waals surface area contributed by atoms with Crippen LogP contribution in [-0.2, 0) is 0 Å². The largest absolute Gasteiger partial charge is 0.346 e. The highest BCUT2D eigenvalue weighted by Gasteiger charge is 1.98. The highest BCUT2D eigenvalue weighted by Crippen LogP contribution is 2.02. The molecule has 0 aliphatic heterocycles. The topological polar surface area (TPSA) is 20.3 Å². The van der Waals surface area contributed by atoms with Crippen molar-refractivity contribution in [3.05, 3.63) is 0 Å². The Morgan fingerprint density at radius 1 is 1.50 bits per heavy atom. The molecule has 0 N–H and O–H groups in total. The number of hydrogen-bond acceptors (Lipinski definition) is 1. The van der Waals surface area contributed by atoms with Gasteiger partial charge in [0.2, 0.25) is 0 Å². The third-order valence-electron chi connectivity index (χ3n) is 0.133. The Kier molecular flexibility index (Phi) is 2.64. The second-order valence-electron chi connectivity index (χ2n) is 0.486. The maximum atomic E-state index is 9.57. The first-order chi connectivity index (χ1) is 2.64. The molecule has 0 saturated heterocycles. The minimum atomic E-state index is -0.904. The molecule has 2 nitrogen and oxygen atoms in total. The van der Waals surface area contributed by atoms with Gasteiger partial charge in [-0.2, -0.15) is 0 Å². The minimum absolute atomic E-state index is 0.238. The van der Waals surface area contributed by atoms with E-state index in [1.807, 2.05) is 0 Å². The van der Waals surface area contributed by atoms with Crippen LogP contribution in [0, 0.1) is 0 Å². The fraction of sp³-hybridized carbons (Fsp3) is 0. The smallest absolute Gasteiger partial charge is 0.253 e. The molecule has 0 spiro atoms. The van der Waals surface area contributed by atoms with Gasteiger partial charge in [0, 0.05) is 23.6 Å². The van der Waals surface area contributed by atoms with Crippen LogP contribution in [0.15, 0.2) is 0 Å². The summed E-state index contributed by atoms with van der Waals surface area (Å²) >= 11 is 14.1. The lowest BCUT2D eigenvalue weighted by molar-refractivity contribution is 0.256. The maximum absolute atomic E-state index is 9.57. The molecule has 0 aromatic rings. The Balaban J connectivity index is 3.26. The number of rotatable bonds is 0. The average Bonchev–Trinajstić information content (AvgIpc) is 1.36. The molecular weight excluding hydrogens is 148 g/mol. The first-order valence-corrected chi connectivity index (χ1v) is 2.01. The maximum Gasteiger partial charge on any atom is 0.346 e. The molecule has 0 atom stereocenters. The molecule has 0 radical (unpaired) electrons. The van der Waals surface area contributed by atoms with E-state index in [0.717, 1.165) is 0 Å². The minimum Gasteiger partial charge on any atom is -0.253 e. The molecule has 0 aromatic heterocycles. The van der Waals surface area contributed by atoms with Gasteiger partial charge in [-0.3, -0.25) is 4.79 Å². The molecule has 36 valence electrons. The lowest BCUT2D eigenvalue weighted by atomic mass is 11.5. The Hall–Kier alpha value is 0.340. The Bertz CT molecular complexity index is 61.8. The number of halogens is 3. The van der Waals surface area contributed by atoms with E-state index < -0.39 is 5.37 Å². The molecular formula is CCl3NO. The second-order valence-corrected chi connectivity index (χ2v) is 1.66. The molecule has 0 saturated carbocycles. The summed E-state index contributed by atoms with van der Waals surface area (Å²) in [6.45, 7) is 0. The predicted octanol–water partition coefficient (Wildman–Crippen LogP) is 1.95. The Morgan fingerprint density at radius 3 is 1.67 bits per heavy atom. The van der Waals surface area contributed by atoms with Crippen LogP contribution in [0.3, 0.4) is 0 Å². The van der Waals surface area contributed by atoms with Crippen LogP contribution in [0.25, 0.3) is 0 Å². The van der Waals surface area contributed by atoms with Crippen molar-refractivity contribution in [2.24, 2.45) is 0 Å². The molecule has 0 unspecified atom stereocenters. The SMILES string of the molecule is O=C(Cl)N(Cl)Cl. The van der Waals surface area contributed by atoms with Crippen LogP contribution in [0.1, 0.15) is 0 Å². The zero-order valence-corrected chi connectivity index (χ0v) is 4.76. The Labute approximate surface area is 49.8 Å². The quantitative estimate of drug-likeness (QED) is 0.292. The van der Waals surface area contributed by atoms with Crippen LogP contribution in [0.2, 0.25) is 0 Å². The number of nitrogens with zero attached hydrogens (tertiary/aromatic N) is 1. The van der Waals surface area contributed by atoms with Gasteiger partial charge in [0.15, 0.2) is 0 Å². The highest BCUT2D eigenvalue weighted by molar-refractivity contribution is 6.69. The summed E-state index contributed by atoms with van der Waals surface area (Å²) in [5, 5.41) is -0.904. The average molecular weight is 148 g/mol. The monoisotopic (exact) mass is 147 g/mol. The number of amides is 1. The van der Waals surface area contributed by atoms with Gasteiger partial charge in [0.1, 0.15) is 0 Å². The third kappa shape index (κ3) is 2.57. The van der Waals surface area contributed by atoms with Crippen LogP contribution in [0.4, 0.5) is 4.79 Å². The summed E-state index contributed by atoms with van der Waals surface area (Å²) in [5.41, 5.74) is 0. The fourth-order valence-electron chi connectivity index (χ4n) is 0. The van der Waals surface area contributed by atoms with Crippen molar-refractivity contribution in [3.63, 3.8) is 0 Å². The predicted molar refractivity (Wildman–Crippen MR) is 24.8 cm³/mol. The molecule has 1 amide bonds. The van der Waals surface area contributed by atoms with Crippen molar-refractivity contribution in [1.29, 1.82) is 0 Å². The first kappa shape index (κ1) is 6.34. The zero-order chi connectivity index (χ0) is 5.15. The van der Waals surface area contributed by atoms with Gasteiger partial charge in [-0.05, 0) is 11.6 Å². The van der Waals surface area contributed by atoms with Crippen molar-refractivity contribution < 1.29 is 4.79 Å². The van der Waals surface area contributed by atoms with E-state index in [4.69, 9.17) is 23.6 Å². The van der Waals surface area contributed by atoms with Gasteiger partial charge in [-0.15, -0.1) is 3.94 Å². The van der Waals surface area contributed by atoms with Gasteiger partial charge in [0.25, 0.3) is 0 Å². The van der Waals surface area contributed by atoms with Crippen molar-refractivity contribution in [1.82, 2.24) is 3.94 Å². The number of carbonyl (C=O) groups excluding carboxylic acids is 1. The van der Waals surface area contributed by atoms with E-state index in [1.165, 1.54) is 0 Å². The van der Waals surface area contributed by atoms with Crippen molar-refractivity contribution >= 4 is 40.5 Å². The molecule has 0 rings (SSSR count). The molecule has 0 heterocycles. The van der Waals surface area contributed by atoms with E-state index >= 15 is 0 Å². The molecule has 5 heteroatoms. The van der Waals surface area contributed by atoms with Gasteiger partial charge in [-0.25, -0.2) is 0 Å². The number of carbonyl (C=O) groups is 1. The molecule has 0 aliphatic carbocycles. The summed E-state index contributed by atoms with van der Waals surface area (Å²) in [6.07, 6.45) is 0. The van der Waals surface area contributed by atoms with Crippen molar-refractivity contribution in [2.45, 2.75) is 0 Å². The van der Waals surface area contributed by atoms with E-state index in [-0.39, 0.29) is 3.94 Å². The Morgan fingerprint density at radius 2 is 1.67 bits per heavy atom. The van der Waals surface area contributed by atoms with Gasteiger partial charge in [0.05, 0.1) is 0 Å². The molecule has 0 bridgehead atoms. The van der Waals surface area contributed by atoms with Crippen LogP contribution in [-0.4, -0.2) is 9.30 Å². The molecule has 0 fully saturated rings. The van der Waals surface area contributed by atoms with E-state index in [9.17, 15) is 4.79 Å². The lowest BCUT2D eigenvalue weighted by Gasteiger charge is -1.89. The fourth-order valence-corrected chi connectivity index (χ4v) is 0. The molecule has 0 aromatic carbocycles. The summed E-state index contributed by atoms with van der Waals surface area (Å²) in [5.74, 6) is 0. The summed E-state index contributed by atoms with van der Waals surface area (Å²) < 4.78 is 0.238. The number of hydrogen-bond donors (Lipinski definition) is 0. The molecule has 0 aliphatic rings. The van der Waals surface area contributed by atoms with E-state index in [1.54, 1.807) is 0 Å². The van der Waals surface area contributed by atoms with Gasteiger partial charge in [-0.1, -0.05) is 0 Å². The molecule has 6 heavy (non-hydrogen) atoms. The van der Waals surface area contributed by atoms with E-state index in [2.05, 4.69) is 11.6 Å². The van der Waals surface area contributed by atoms with Crippen molar-refractivity contribution in [3.8, 4) is 0 Å². The van der Waals surface area contributed by atoms with Crippen molar-refractivity contribution in [2.75, 3.05) is 0 Å². The zero-order valence-electron chi connectivity index (χ0n) is 2.49. The van der Waals surface area contributed by atoms with Gasteiger partial charge >= 0.3 is 5.37 Å². The van der Waals surface area contributed by atoms with E-state index in [0.29, 0.717) is 0 Å². The van der Waals surface area contributed by atoms with Crippen LogP contribution in [0.5, 0.6) is 0 Å². The second kappa shape index (κ2) is 2.50. The first-order valence-electron chi connectivity index (χ1n) is 0.955. The summed E-state index contributed by atoms with van der Waals surface area (Å²) in [4.78, 5) is 9.57. The lowest BCUT2D eigenvalue weighted by Crippen LogP contribution is -1.97. The van der Waals surface area contributed by atoms with Crippen LogP contribution >= 0.6 is 35.2 Å². The van der Waals surface area contributed by atoms with Crippen LogP contribution < -0.4 is 0 Å². The third-order valence-corrected chi connectivity index (χ3v) is 0.782. The highest BCUT2D eigenvalue weighted by atomic mass is 35.5. The summed E-state index contributed by atoms with van der Waals surface area (Å²) in [6, 6.07) is 0.